The summed E-state index contributed by atoms with van der Waals surface area (Å²) >= 11 is 6.33. The van der Waals surface area contributed by atoms with Gasteiger partial charge >= 0.3 is 0 Å². The molecular weight excluding hydrogens is 273 g/mol. The molecule has 1 N–H and O–H groups in total. The lowest BCUT2D eigenvalue weighted by molar-refractivity contribution is 0.314. The average molecular weight is 300 g/mol. The molecule has 0 aliphatic heterocycles. The van der Waals surface area contributed by atoms with Crippen molar-refractivity contribution in [2.24, 2.45) is 0 Å². The Morgan fingerprint density at radius 1 is 1.20 bits per heavy atom. The molecular formula is C17H27ClFN. The monoisotopic (exact) mass is 299 g/mol. The van der Waals surface area contributed by atoms with Gasteiger partial charge in [-0.15, -0.1) is 0 Å². The molecule has 0 unspecified atom stereocenters. The van der Waals surface area contributed by atoms with Crippen molar-refractivity contribution in [2.75, 3.05) is 6.54 Å². The molecule has 0 radical (unpaired) electrons. The van der Waals surface area contributed by atoms with E-state index < -0.39 is 0 Å². The largest absolute Gasteiger partial charge is 0.314 e. The fourth-order valence-electron chi connectivity index (χ4n) is 3.00. The topological polar surface area (TPSA) is 12.0 Å². The molecule has 0 aliphatic carbocycles. The third-order valence-electron chi connectivity index (χ3n) is 3.80. The van der Waals surface area contributed by atoms with E-state index in [-0.39, 0.29) is 11.2 Å². The van der Waals surface area contributed by atoms with Gasteiger partial charge in [-0.1, -0.05) is 58.2 Å². The highest BCUT2D eigenvalue weighted by atomic mass is 35.5. The molecule has 0 saturated heterocycles. The van der Waals surface area contributed by atoms with Crippen molar-refractivity contribution in [3.8, 4) is 0 Å². The van der Waals surface area contributed by atoms with Crippen molar-refractivity contribution in [1.82, 2.24) is 5.32 Å². The highest BCUT2D eigenvalue weighted by Crippen LogP contribution is 2.39. The summed E-state index contributed by atoms with van der Waals surface area (Å²) < 4.78 is 14.4. The normalized spacial score (nSPS) is 12.2. The zero-order valence-electron chi connectivity index (χ0n) is 13.1. The van der Waals surface area contributed by atoms with Crippen molar-refractivity contribution >= 4 is 11.6 Å². The van der Waals surface area contributed by atoms with Crippen molar-refractivity contribution < 1.29 is 4.39 Å². The number of hydrogen-bond acceptors (Lipinski definition) is 1. The van der Waals surface area contributed by atoms with Crippen LogP contribution < -0.4 is 5.32 Å². The van der Waals surface area contributed by atoms with E-state index in [1.807, 2.05) is 0 Å². The molecule has 1 aromatic rings. The van der Waals surface area contributed by atoms with Crippen LogP contribution in [0.15, 0.2) is 18.2 Å². The second-order valence-corrected chi connectivity index (χ2v) is 6.32. The maximum Gasteiger partial charge on any atom is 0.128 e. The Morgan fingerprint density at radius 2 is 1.80 bits per heavy atom. The van der Waals surface area contributed by atoms with E-state index in [9.17, 15) is 4.39 Å². The van der Waals surface area contributed by atoms with Gasteiger partial charge in [0.25, 0.3) is 0 Å². The molecule has 0 heterocycles. The standard InChI is InChI=1S/C17H27ClFN/c1-5-10-17(11-6-2,12-20-13(3)4)16-14(18)8-7-9-15(16)19/h7-9,13,20H,5-6,10-12H2,1-4H3. The van der Waals surface area contributed by atoms with Crippen LogP contribution in [0.25, 0.3) is 0 Å². The maximum absolute atomic E-state index is 14.4. The van der Waals surface area contributed by atoms with Gasteiger partial charge in [-0.05, 0) is 25.0 Å². The highest BCUT2D eigenvalue weighted by molar-refractivity contribution is 6.31. The molecule has 1 nitrogen and oxygen atoms in total. The van der Waals surface area contributed by atoms with Crippen molar-refractivity contribution in [3.05, 3.63) is 34.6 Å². The summed E-state index contributed by atoms with van der Waals surface area (Å²) in [6, 6.07) is 5.39. The third kappa shape index (κ3) is 4.20. The molecule has 0 atom stereocenters. The fourth-order valence-corrected chi connectivity index (χ4v) is 3.36. The van der Waals surface area contributed by atoms with Crippen LogP contribution in [0.3, 0.4) is 0 Å². The maximum atomic E-state index is 14.4. The van der Waals surface area contributed by atoms with E-state index in [4.69, 9.17) is 11.6 Å². The van der Waals surface area contributed by atoms with E-state index in [1.165, 1.54) is 6.07 Å². The zero-order valence-corrected chi connectivity index (χ0v) is 13.9. The molecule has 0 bridgehead atoms. The summed E-state index contributed by atoms with van der Waals surface area (Å²) in [5, 5.41) is 4.04. The highest BCUT2D eigenvalue weighted by Gasteiger charge is 2.34. The lowest BCUT2D eigenvalue weighted by Gasteiger charge is -2.36. The quantitative estimate of drug-likeness (QED) is 0.685. The van der Waals surface area contributed by atoms with Crippen LogP contribution in [0.4, 0.5) is 4.39 Å². The first kappa shape index (κ1) is 17.5. The number of halogens is 2. The van der Waals surface area contributed by atoms with Crippen LogP contribution in [-0.2, 0) is 5.41 Å². The second kappa shape index (κ2) is 7.99. The van der Waals surface area contributed by atoms with Gasteiger partial charge in [-0.25, -0.2) is 4.39 Å². The zero-order chi connectivity index (χ0) is 15.2. The van der Waals surface area contributed by atoms with E-state index in [0.717, 1.165) is 32.2 Å². The van der Waals surface area contributed by atoms with E-state index in [2.05, 4.69) is 33.0 Å². The van der Waals surface area contributed by atoms with Gasteiger partial charge in [0.15, 0.2) is 0 Å². The predicted molar refractivity (Wildman–Crippen MR) is 86.0 cm³/mol. The van der Waals surface area contributed by atoms with Gasteiger partial charge in [0.2, 0.25) is 0 Å². The second-order valence-electron chi connectivity index (χ2n) is 5.91. The Labute approximate surface area is 127 Å². The Kier molecular flexibility index (Phi) is 6.97. The van der Waals surface area contributed by atoms with Crippen molar-refractivity contribution in [1.29, 1.82) is 0 Å². The van der Waals surface area contributed by atoms with Crippen molar-refractivity contribution in [3.63, 3.8) is 0 Å². The summed E-state index contributed by atoms with van der Waals surface area (Å²) in [6.07, 6.45) is 3.93. The molecule has 0 spiro atoms. The van der Waals surface area contributed by atoms with Gasteiger partial charge in [-0.2, -0.15) is 0 Å². The summed E-state index contributed by atoms with van der Waals surface area (Å²) in [7, 11) is 0. The van der Waals surface area contributed by atoms with Crippen molar-refractivity contribution in [2.45, 2.75) is 64.8 Å². The smallest absolute Gasteiger partial charge is 0.128 e. The minimum atomic E-state index is -0.212. The number of benzene rings is 1. The first-order chi connectivity index (χ1) is 9.46. The van der Waals surface area contributed by atoms with Crippen LogP contribution >= 0.6 is 11.6 Å². The molecule has 0 saturated carbocycles. The third-order valence-corrected chi connectivity index (χ3v) is 4.11. The molecule has 1 rings (SSSR count). The molecule has 0 aliphatic rings. The van der Waals surface area contributed by atoms with Crippen LogP contribution in [0.1, 0.15) is 58.9 Å². The summed E-state index contributed by atoms with van der Waals surface area (Å²) in [4.78, 5) is 0. The Morgan fingerprint density at radius 3 is 2.25 bits per heavy atom. The first-order valence-electron chi connectivity index (χ1n) is 7.64. The predicted octanol–water partition coefficient (Wildman–Crippen LogP) is 5.32. The minimum absolute atomic E-state index is 0.176. The molecule has 0 fully saturated rings. The van der Waals surface area contributed by atoms with Crippen LogP contribution in [0.5, 0.6) is 0 Å². The Hall–Kier alpha value is -0.600. The molecule has 0 amide bonds. The van der Waals surface area contributed by atoms with Crippen LogP contribution in [-0.4, -0.2) is 12.6 Å². The van der Waals surface area contributed by atoms with Crippen LogP contribution in [0.2, 0.25) is 5.02 Å². The minimum Gasteiger partial charge on any atom is -0.314 e. The number of rotatable bonds is 8. The Bertz CT molecular complexity index is 391. The first-order valence-corrected chi connectivity index (χ1v) is 8.02. The van der Waals surface area contributed by atoms with E-state index in [0.29, 0.717) is 16.6 Å². The molecule has 20 heavy (non-hydrogen) atoms. The van der Waals surface area contributed by atoms with Gasteiger partial charge in [0.1, 0.15) is 5.82 Å². The number of nitrogens with one attached hydrogen (secondary N) is 1. The Balaban J connectivity index is 3.25. The average Bonchev–Trinajstić information content (AvgIpc) is 2.36. The molecule has 0 aromatic heterocycles. The van der Waals surface area contributed by atoms with Gasteiger partial charge in [-0.3, -0.25) is 0 Å². The van der Waals surface area contributed by atoms with Gasteiger partial charge in [0, 0.05) is 28.6 Å². The van der Waals surface area contributed by atoms with E-state index in [1.54, 1.807) is 12.1 Å². The summed E-state index contributed by atoms with van der Waals surface area (Å²) in [6.45, 7) is 9.30. The molecule has 114 valence electrons. The van der Waals surface area contributed by atoms with Gasteiger partial charge in [0.05, 0.1) is 0 Å². The summed E-state index contributed by atoms with van der Waals surface area (Å²) in [5.41, 5.74) is 0.481. The number of hydrogen-bond donors (Lipinski definition) is 1. The lowest BCUT2D eigenvalue weighted by Crippen LogP contribution is -2.41. The SMILES string of the molecule is CCCC(CCC)(CNC(C)C)c1c(F)cccc1Cl. The van der Waals surface area contributed by atoms with Gasteiger partial charge < -0.3 is 5.32 Å². The fraction of sp³-hybridized carbons (Fsp3) is 0.647. The molecule has 3 heteroatoms. The summed E-state index contributed by atoms with van der Waals surface area (Å²) in [5.74, 6) is -0.176. The lowest BCUT2D eigenvalue weighted by atomic mass is 9.73. The molecule has 1 aromatic carbocycles. The van der Waals surface area contributed by atoms with E-state index >= 15 is 0 Å². The van der Waals surface area contributed by atoms with Crippen LogP contribution in [0, 0.1) is 5.82 Å².